The second-order valence-electron chi connectivity index (χ2n) is 3.98. The number of rotatable bonds is 3. The zero-order valence-electron chi connectivity index (χ0n) is 10.1. The molecule has 0 fully saturated rings. The summed E-state index contributed by atoms with van der Waals surface area (Å²) in [5, 5.41) is 0. The standard InChI is InChI=1S/C11H12F6N2.ClH/c12-10(13,14)6-1-2-8(11(15,16)17)7(5-6)9(19)3-4-18;/h1-2,5,9H,3-4,18-19H2;1H/t9-;/m0./s1. The van der Waals surface area contributed by atoms with Crippen molar-refractivity contribution >= 4 is 12.4 Å². The normalized spacial score (nSPS) is 13.8. The van der Waals surface area contributed by atoms with E-state index in [0.717, 1.165) is 0 Å². The molecule has 0 saturated carbocycles. The zero-order valence-corrected chi connectivity index (χ0v) is 10.9. The van der Waals surface area contributed by atoms with Crippen LogP contribution in [0.3, 0.4) is 0 Å². The molecule has 1 aromatic carbocycles. The van der Waals surface area contributed by atoms with E-state index >= 15 is 0 Å². The summed E-state index contributed by atoms with van der Waals surface area (Å²) in [5.41, 5.74) is 7.71. The van der Waals surface area contributed by atoms with Crippen LogP contribution in [0.4, 0.5) is 26.3 Å². The van der Waals surface area contributed by atoms with Crippen molar-refractivity contribution in [3.8, 4) is 0 Å². The molecule has 0 spiro atoms. The average molecular weight is 323 g/mol. The lowest BCUT2D eigenvalue weighted by Crippen LogP contribution is -2.21. The number of hydrogen-bond acceptors (Lipinski definition) is 2. The number of hydrogen-bond donors (Lipinski definition) is 2. The van der Waals surface area contributed by atoms with Crippen LogP contribution < -0.4 is 11.5 Å². The predicted molar refractivity (Wildman–Crippen MR) is 64.3 cm³/mol. The molecule has 0 saturated heterocycles. The lowest BCUT2D eigenvalue weighted by molar-refractivity contribution is -0.142. The summed E-state index contributed by atoms with van der Waals surface area (Å²) >= 11 is 0. The minimum Gasteiger partial charge on any atom is -0.330 e. The molecule has 4 N–H and O–H groups in total. The summed E-state index contributed by atoms with van der Waals surface area (Å²) in [7, 11) is 0. The molecular formula is C11H13ClF6N2. The van der Waals surface area contributed by atoms with Gasteiger partial charge in [-0.2, -0.15) is 26.3 Å². The minimum absolute atomic E-state index is 0. The van der Waals surface area contributed by atoms with Gasteiger partial charge in [0.2, 0.25) is 0 Å². The van der Waals surface area contributed by atoms with E-state index in [2.05, 4.69) is 0 Å². The van der Waals surface area contributed by atoms with Gasteiger partial charge in [0.25, 0.3) is 0 Å². The van der Waals surface area contributed by atoms with Crippen LogP contribution in [0.15, 0.2) is 18.2 Å². The van der Waals surface area contributed by atoms with Crippen LogP contribution >= 0.6 is 12.4 Å². The van der Waals surface area contributed by atoms with Crippen LogP contribution in [0.2, 0.25) is 0 Å². The molecule has 2 nitrogen and oxygen atoms in total. The van der Waals surface area contributed by atoms with E-state index in [-0.39, 0.29) is 25.4 Å². The molecule has 0 amide bonds. The highest BCUT2D eigenvalue weighted by molar-refractivity contribution is 5.85. The first-order valence-electron chi connectivity index (χ1n) is 5.31. The van der Waals surface area contributed by atoms with Gasteiger partial charge < -0.3 is 11.5 Å². The summed E-state index contributed by atoms with van der Waals surface area (Å²) in [4.78, 5) is 0. The van der Waals surface area contributed by atoms with Crippen LogP contribution in [-0.2, 0) is 12.4 Å². The maximum absolute atomic E-state index is 12.7. The number of benzene rings is 1. The Morgan fingerprint density at radius 1 is 1.00 bits per heavy atom. The summed E-state index contributed by atoms with van der Waals surface area (Å²) in [6.45, 7) is -0.0191. The zero-order chi connectivity index (χ0) is 14.8. The number of alkyl halides is 6. The van der Waals surface area contributed by atoms with Gasteiger partial charge in [0.05, 0.1) is 11.1 Å². The van der Waals surface area contributed by atoms with Crippen LogP contribution in [0.25, 0.3) is 0 Å². The molecule has 1 aromatic rings. The minimum atomic E-state index is -4.76. The fourth-order valence-corrected chi connectivity index (χ4v) is 1.64. The molecule has 1 atom stereocenters. The molecule has 0 aliphatic rings. The molecule has 0 unspecified atom stereocenters. The van der Waals surface area contributed by atoms with E-state index in [9.17, 15) is 26.3 Å². The van der Waals surface area contributed by atoms with Gasteiger partial charge in [-0.25, -0.2) is 0 Å². The Balaban J connectivity index is 0.00000361. The molecular weight excluding hydrogens is 310 g/mol. The third-order valence-corrected chi connectivity index (χ3v) is 2.56. The molecule has 0 bridgehead atoms. The molecule has 1 rings (SSSR count). The molecule has 0 aliphatic carbocycles. The SMILES string of the molecule is Cl.NCC[C@H](N)c1cc(C(F)(F)F)ccc1C(F)(F)F. The van der Waals surface area contributed by atoms with Gasteiger partial charge in [0, 0.05) is 6.04 Å². The van der Waals surface area contributed by atoms with E-state index in [0.29, 0.717) is 18.2 Å². The van der Waals surface area contributed by atoms with Crippen LogP contribution in [0, 0.1) is 0 Å². The maximum atomic E-state index is 12.7. The number of nitrogens with two attached hydrogens (primary N) is 2. The Labute approximate surface area is 117 Å². The van der Waals surface area contributed by atoms with Crippen molar-refractivity contribution in [1.29, 1.82) is 0 Å². The van der Waals surface area contributed by atoms with Crippen molar-refractivity contribution in [2.75, 3.05) is 6.54 Å². The smallest absolute Gasteiger partial charge is 0.330 e. The molecule has 116 valence electrons. The summed E-state index contributed by atoms with van der Waals surface area (Å²) in [6.07, 6.45) is -9.52. The Hall–Kier alpha value is -0.990. The summed E-state index contributed by atoms with van der Waals surface area (Å²) in [6, 6.07) is 0.0306. The molecule has 0 radical (unpaired) electrons. The van der Waals surface area contributed by atoms with Crippen molar-refractivity contribution < 1.29 is 26.3 Å². The van der Waals surface area contributed by atoms with E-state index < -0.39 is 35.1 Å². The van der Waals surface area contributed by atoms with Crippen molar-refractivity contribution in [1.82, 2.24) is 0 Å². The second-order valence-corrected chi connectivity index (χ2v) is 3.98. The largest absolute Gasteiger partial charge is 0.416 e. The Bertz CT molecular complexity index is 444. The first-order chi connectivity index (χ1) is 8.57. The lowest BCUT2D eigenvalue weighted by atomic mass is 9.95. The molecule has 0 heterocycles. The molecule has 9 heteroatoms. The van der Waals surface area contributed by atoms with Gasteiger partial charge >= 0.3 is 12.4 Å². The van der Waals surface area contributed by atoms with Crippen LogP contribution in [0.5, 0.6) is 0 Å². The van der Waals surface area contributed by atoms with E-state index in [4.69, 9.17) is 11.5 Å². The third kappa shape index (κ3) is 4.53. The van der Waals surface area contributed by atoms with Crippen molar-refractivity contribution in [2.45, 2.75) is 24.8 Å². The fraction of sp³-hybridized carbons (Fsp3) is 0.455. The number of halogens is 7. The molecule has 0 aromatic heterocycles. The van der Waals surface area contributed by atoms with Gasteiger partial charge in [-0.05, 0) is 36.7 Å². The average Bonchev–Trinajstić information content (AvgIpc) is 2.26. The summed E-state index contributed by atoms with van der Waals surface area (Å²) < 4.78 is 75.6. The topological polar surface area (TPSA) is 52.0 Å². The van der Waals surface area contributed by atoms with E-state index in [1.165, 1.54) is 0 Å². The first-order valence-corrected chi connectivity index (χ1v) is 5.31. The lowest BCUT2D eigenvalue weighted by Gasteiger charge is -2.19. The maximum Gasteiger partial charge on any atom is 0.416 e. The van der Waals surface area contributed by atoms with Gasteiger partial charge in [-0.15, -0.1) is 12.4 Å². The summed E-state index contributed by atoms with van der Waals surface area (Å²) in [5.74, 6) is 0. The van der Waals surface area contributed by atoms with Gasteiger partial charge in [-0.3, -0.25) is 0 Å². The highest BCUT2D eigenvalue weighted by atomic mass is 35.5. The van der Waals surface area contributed by atoms with Crippen molar-refractivity contribution in [2.24, 2.45) is 11.5 Å². The van der Waals surface area contributed by atoms with E-state index in [1.807, 2.05) is 0 Å². The van der Waals surface area contributed by atoms with Crippen molar-refractivity contribution in [3.05, 3.63) is 34.9 Å². The van der Waals surface area contributed by atoms with Gasteiger partial charge in [0.1, 0.15) is 0 Å². The third-order valence-electron chi connectivity index (χ3n) is 2.56. The quantitative estimate of drug-likeness (QED) is 0.837. The van der Waals surface area contributed by atoms with E-state index in [1.54, 1.807) is 0 Å². The van der Waals surface area contributed by atoms with Gasteiger partial charge in [0.15, 0.2) is 0 Å². The highest BCUT2D eigenvalue weighted by Crippen LogP contribution is 2.38. The molecule has 0 aliphatic heterocycles. The highest BCUT2D eigenvalue weighted by Gasteiger charge is 2.37. The second kappa shape index (κ2) is 6.64. The Morgan fingerprint density at radius 2 is 1.55 bits per heavy atom. The van der Waals surface area contributed by atoms with Crippen molar-refractivity contribution in [3.63, 3.8) is 0 Å². The van der Waals surface area contributed by atoms with Crippen LogP contribution in [0.1, 0.15) is 29.2 Å². The Morgan fingerprint density at radius 3 is 1.95 bits per heavy atom. The Kier molecular flexibility index (Phi) is 6.31. The van der Waals surface area contributed by atoms with Gasteiger partial charge in [-0.1, -0.05) is 0 Å². The molecule has 20 heavy (non-hydrogen) atoms. The monoisotopic (exact) mass is 322 g/mol. The first kappa shape index (κ1) is 19.0. The fourth-order valence-electron chi connectivity index (χ4n) is 1.64. The van der Waals surface area contributed by atoms with Crippen LogP contribution in [-0.4, -0.2) is 6.54 Å². The predicted octanol–water partition coefficient (Wildman–Crippen LogP) is 3.49.